The Kier molecular flexibility index (Phi) is 3.74. The molecule has 2 aromatic rings. The van der Waals surface area contributed by atoms with Crippen LogP contribution < -0.4 is 4.90 Å². The molecule has 0 aromatic heterocycles. The molecule has 0 fully saturated rings. The first-order valence-corrected chi connectivity index (χ1v) is 7.28. The lowest BCUT2D eigenvalue weighted by molar-refractivity contribution is 0.0984. The fraction of sp³-hybridized carbons (Fsp3) is 0.278. The van der Waals surface area contributed by atoms with Gasteiger partial charge in [0, 0.05) is 30.3 Å². The molecule has 0 amide bonds. The fourth-order valence-corrected chi connectivity index (χ4v) is 2.97. The Balaban J connectivity index is 1.68. The first-order valence-electron chi connectivity index (χ1n) is 7.28. The van der Waals surface area contributed by atoms with E-state index in [1.54, 1.807) is 12.1 Å². The molecule has 3 rings (SSSR count). The van der Waals surface area contributed by atoms with Gasteiger partial charge < -0.3 is 4.90 Å². The van der Waals surface area contributed by atoms with Crippen LogP contribution in [0.3, 0.4) is 0 Å². The molecule has 1 heterocycles. The van der Waals surface area contributed by atoms with Crippen molar-refractivity contribution in [1.82, 2.24) is 0 Å². The van der Waals surface area contributed by atoms with Gasteiger partial charge in [-0.15, -0.1) is 0 Å². The molecular weight excluding hydrogens is 265 g/mol. The van der Waals surface area contributed by atoms with Crippen LogP contribution in [0.5, 0.6) is 0 Å². The lowest BCUT2D eigenvalue weighted by atomic mass is 10.1. The standard InChI is InChI=1S/C18H18FNO/c1-13-12-15-4-2-3-5-17(15)20(13)11-10-18(21)14-6-8-16(19)9-7-14/h2-9,13H,10-12H2,1H3. The van der Waals surface area contributed by atoms with Gasteiger partial charge in [-0.3, -0.25) is 4.79 Å². The number of para-hydroxylation sites is 1. The molecule has 1 aliphatic heterocycles. The minimum Gasteiger partial charge on any atom is -0.368 e. The van der Waals surface area contributed by atoms with E-state index in [1.165, 1.54) is 23.4 Å². The summed E-state index contributed by atoms with van der Waals surface area (Å²) in [6.07, 6.45) is 1.48. The molecule has 0 N–H and O–H groups in total. The van der Waals surface area contributed by atoms with E-state index in [1.807, 2.05) is 6.07 Å². The van der Waals surface area contributed by atoms with E-state index in [0.29, 0.717) is 24.6 Å². The Labute approximate surface area is 124 Å². The zero-order valence-corrected chi connectivity index (χ0v) is 12.1. The van der Waals surface area contributed by atoms with Crippen LogP contribution in [0.1, 0.15) is 29.3 Å². The third-order valence-corrected chi connectivity index (χ3v) is 4.09. The zero-order valence-electron chi connectivity index (χ0n) is 12.1. The summed E-state index contributed by atoms with van der Waals surface area (Å²) >= 11 is 0. The van der Waals surface area contributed by atoms with Gasteiger partial charge in [0.2, 0.25) is 0 Å². The molecule has 2 aromatic carbocycles. The van der Waals surface area contributed by atoms with Gasteiger partial charge in [0.1, 0.15) is 5.82 Å². The van der Waals surface area contributed by atoms with Gasteiger partial charge in [-0.05, 0) is 49.2 Å². The summed E-state index contributed by atoms with van der Waals surface area (Å²) in [6.45, 7) is 2.89. The Morgan fingerprint density at radius 1 is 1.19 bits per heavy atom. The molecule has 108 valence electrons. The maximum Gasteiger partial charge on any atom is 0.164 e. The first kappa shape index (κ1) is 13.8. The predicted octanol–water partition coefficient (Wildman–Crippen LogP) is 3.85. The largest absolute Gasteiger partial charge is 0.368 e. The van der Waals surface area contributed by atoms with Crippen LogP contribution in [0.2, 0.25) is 0 Å². The number of hydrogen-bond acceptors (Lipinski definition) is 2. The molecule has 3 heteroatoms. The number of carbonyl (C=O) groups excluding carboxylic acids is 1. The number of halogens is 1. The second-order valence-electron chi connectivity index (χ2n) is 5.56. The molecule has 0 saturated carbocycles. The highest BCUT2D eigenvalue weighted by Crippen LogP contribution is 2.31. The third-order valence-electron chi connectivity index (χ3n) is 4.09. The fourth-order valence-electron chi connectivity index (χ4n) is 2.97. The van der Waals surface area contributed by atoms with Crippen molar-refractivity contribution in [2.75, 3.05) is 11.4 Å². The molecule has 0 saturated heterocycles. The van der Waals surface area contributed by atoms with Crippen molar-refractivity contribution in [3.05, 3.63) is 65.5 Å². The number of benzene rings is 2. The van der Waals surface area contributed by atoms with Crippen molar-refractivity contribution in [3.8, 4) is 0 Å². The third kappa shape index (κ3) is 2.82. The SMILES string of the molecule is CC1Cc2ccccc2N1CCC(=O)c1ccc(F)cc1. The van der Waals surface area contributed by atoms with Crippen molar-refractivity contribution < 1.29 is 9.18 Å². The average Bonchev–Trinajstić information content (AvgIpc) is 2.81. The van der Waals surface area contributed by atoms with E-state index in [9.17, 15) is 9.18 Å². The molecule has 1 unspecified atom stereocenters. The highest BCUT2D eigenvalue weighted by molar-refractivity contribution is 5.96. The summed E-state index contributed by atoms with van der Waals surface area (Å²) < 4.78 is 12.9. The molecular formula is C18H18FNO. The van der Waals surface area contributed by atoms with E-state index >= 15 is 0 Å². The van der Waals surface area contributed by atoms with Gasteiger partial charge in [-0.25, -0.2) is 4.39 Å². The van der Waals surface area contributed by atoms with Crippen LogP contribution in [-0.4, -0.2) is 18.4 Å². The molecule has 0 radical (unpaired) electrons. The van der Waals surface area contributed by atoms with Crippen molar-refractivity contribution in [2.24, 2.45) is 0 Å². The second kappa shape index (κ2) is 5.68. The summed E-state index contributed by atoms with van der Waals surface area (Å²) in [7, 11) is 0. The molecule has 21 heavy (non-hydrogen) atoms. The maximum absolute atomic E-state index is 12.9. The van der Waals surface area contributed by atoms with Gasteiger partial charge in [0.15, 0.2) is 5.78 Å². The number of Topliss-reactive ketones (excluding diaryl/α,β-unsaturated/α-hetero) is 1. The van der Waals surface area contributed by atoms with Crippen LogP contribution in [0, 0.1) is 5.82 Å². The van der Waals surface area contributed by atoms with Crippen LogP contribution in [-0.2, 0) is 6.42 Å². The van der Waals surface area contributed by atoms with Gasteiger partial charge >= 0.3 is 0 Å². The molecule has 2 nitrogen and oxygen atoms in total. The van der Waals surface area contributed by atoms with E-state index in [0.717, 1.165) is 6.42 Å². The van der Waals surface area contributed by atoms with Gasteiger partial charge in [-0.1, -0.05) is 18.2 Å². The quantitative estimate of drug-likeness (QED) is 0.794. The summed E-state index contributed by atoms with van der Waals surface area (Å²) in [6, 6.07) is 14.5. The summed E-state index contributed by atoms with van der Waals surface area (Å²) in [5, 5.41) is 0. The monoisotopic (exact) mass is 283 g/mol. The Morgan fingerprint density at radius 2 is 1.90 bits per heavy atom. The second-order valence-corrected chi connectivity index (χ2v) is 5.56. The molecule has 1 atom stereocenters. The van der Waals surface area contributed by atoms with Gasteiger partial charge in [0.05, 0.1) is 0 Å². The maximum atomic E-state index is 12.9. The van der Waals surface area contributed by atoms with Gasteiger partial charge in [-0.2, -0.15) is 0 Å². The van der Waals surface area contributed by atoms with Crippen molar-refractivity contribution in [3.63, 3.8) is 0 Å². The minimum atomic E-state index is -0.311. The highest BCUT2D eigenvalue weighted by atomic mass is 19.1. The Morgan fingerprint density at radius 3 is 2.67 bits per heavy atom. The lowest BCUT2D eigenvalue weighted by Gasteiger charge is -2.24. The van der Waals surface area contributed by atoms with Crippen LogP contribution in [0.15, 0.2) is 48.5 Å². The van der Waals surface area contributed by atoms with Crippen molar-refractivity contribution in [2.45, 2.75) is 25.8 Å². The molecule has 1 aliphatic rings. The first-order chi connectivity index (χ1) is 10.1. The van der Waals surface area contributed by atoms with Crippen LogP contribution in [0.4, 0.5) is 10.1 Å². The number of nitrogens with zero attached hydrogens (tertiary/aromatic N) is 1. The number of carbonyl (C=O) groups is 1. The highest BCUT2D eigenvalue weighted by Gasteiger charge is 2.25. The van der Waals surface area contributed by atoms with E-state index < -0.39 is 0 Å². The Bertz CT molecular complexity index is 651. The number of fused-ring (bicyclic) bond motifs is 1. The topological polar surface area (TPSA) is 20.3 Å². The van der Waals surface area contributed by atoms with E-state index in [-0.39, 0.29) is 11.6 Å². The van der Waals surface area contributed by atoms with Crippen molar-refractivity contribution >= 4 is 11.5 Å². The van der Waals surface area contributed by atoms with E-state index in [2.05, 4.69) is 30.0 Å². The summed E-state index contributed by atoms with van der Waals surface area (Å²) in [5.41, 5.74) is 3.16. The lowest BCUT2D eigenvalue weighted by Crippen LogP contribution is -2.31. The minimum absolute atomic E-state index is 0.0616. The summed E-state index contributed by atoms with van der Waals surface area (Å²) in [4.78, 5) is 14.5. The Hall–Kier alpha value is -2.16. The molecule has 0 aliphatic carbocycles. The van der Waals surface area contributed by atoms with Gasteiger partial charge in [0.25, 0.3) is 0 Å². The predicted molar refractivity (Wildman–Crippen MR) is 82.3 cm³/mol. The smallest absolute Gasteiger partial charge is 0.164 e. The molecule has 0 spiro atoms. The number of anilines is 1. The number of hydrogen-bond donors (Lipinski definition) is 0. The zero-order chi connectivity index (χ0) is 14.8. The average molecular weight is 283 g/mol. The normalized spacial score (nSPS) is 16.9. The van der Waals surface area contributed by atoms with Crippen LogP contribution in [0.25, 0.3) is 0 Å². The number of rotatable bonds is 4. The molecule has 0 bridgehead atoms. The number of ketones is 1. The van der Waals surface area contributed by atoms with E-state index in [4.69, 9.17) is 0 Å². The van der Waals surface area contributed by atoms with Crippen LogP contribution >= 0.6 is 0 Å². The van der Waals surface area contributed by atoms with Crippen molar-refractivity contribution in [1.29, 1.82) is 0 Å². The summed E-state index contributed by atoms with van der Waals surface area (Å²) in [5.74, 6) is -0.250.